The number of carbonyl (C=O) groups is 1. The van der Waals surface area contributed by atoms with Crippen LogP contribution in [0.1, 0.15) is 43.5 Å². The highest BCUT2D eigenvalue weighted by Crippen LogP contribution is 2.08. The summed E-state index contributed by atoms with van der Waals surface area (Å²) < 4.78 is 0. The molecule has 1 rings (SSSR count). The van der Waals surface area contributed by atoms with Crippen molar-refractivity contribution >= 4 is 11.7 Å². The van der Waals surface area contributed by atoms with Crippen molar-refractivity contribution in [3.8, 4) is 0 Å². The second-order valence-electron chi connectivity index (χ2n) is 3.56. The molecule has 0 aliphatic carbocycles. The van der Waals surface area contributed by atoms with Gasteiger partial charge in [0.25, 0.3) is 5.91 Å². The molecule has 84 valence electrons. The maximum atomic E-state index is 11.7. The molecule has 1 atom stereocenters. The molecule has 0 spiro atoms. The van der Waals surface area contributed by atoms with Crippen molar-refractivity contribution in [1.29, 1.82) is 0 Å². The zero-order chi connectivity index (χ0) is 11.3. The van der Waals surface area contributed by atoms with Gasteiger partial charge in [-0.3, -0.25) is 9.89 Å². The number of hydrogen-bond donors (Lipinski definition) is 3. The fourth-order valence-electron chi connectivity index (χ4n) is 1.47. The minimum atomic E-state index is -0.151. The number of amides is 1. The Morgan fingerprint density at radius 3 is 2.87 bits per heavy atom. The average Bonchev–Trinajstić information content (AvgIpc) is 2.63. The van der Waals surface area contributed by atoms with E-state index in [1.165, 1.54) is 6.20 Å². The van der Waals surface area contributed by atoms with Gasteiger partial charge in [0.05, 0.1) is 6.20 Å². The first-order chi connectivity index (χ1) is 7.19. The lowest BCUT2D eigenvalue weighted by molar-refractivity contribution is 0.0934. The number of nitrogens with zero attached hydrogens (tertiary/aromatic N) is 1. The molecular formula is C10H18N4O. The van der Waals surface area contributed by atoms with Crippen molar-refractivity contribution in [3.05, 3.63) is 11.8 Å². The Morgan fingerprint density at radius 2 is 2.40 bits per heavy atom. The van der Waals surface area contributed by atoms with Crippen LogP contribution in [0.25, 0.3) is 0 Å². The van der Waals surface area contributed by atoms with Crippen LogP contribution in [0, 0.1) is 0 Å². The van der Waals surface area contributed by atoms with Crippen molar-refractivity contribution in [2.24, 2.45) is 0 Å². The van der Waals surface area contributed by atoms with E-state index >= 15 is 0 Å². The molecule has 0 aromatic carbocycles. The molecule has 0 saturated carbocycles. The summed E-state index contributed by atoms with van der Waals surface area (Å²) in [6, 6.07) is 0.219. The number of H-pyrrole nitrogens is 1. The number of anilines is 1. The lowest BCUT2D eigenvalue weighted by atomic mass is 10.1. The Bertz CT molecular complexity index is 321. The van der Waals surface area contributed by atoms with E-state index in [9.17, 15) is 4.79 Å². The Morgan fingerprint density at radius 1 is 1.67 bits per heavy atom. The highest BCUT2D eigenvalue weighted by atomic mass is 16.1. The average molecular weight is 210 g/mol. The van der Waals surface area contributed by atoms with Crippen LogP contribution in [0.2, 0.25) is 0 Å². The SMILES string of the molecule is CCCC(CC)NC(=O)c1cn[nH]c1N. The fraction of sp³-hybridized carbons (Fsp3) is 0.600. The molecular weight excluding hydrogens is 192 g/mol. The van der Waals surface area contributed by atoms with Gasteiger partial charge < -0.3 is 11.1 Å². The largest absolute Gasteiger partial charge is 0.383 e. The van der Waals surface area contributed by atoms with Gasteiger partial charge in [0.2, 0.25) is 0 Å². The van der Waals surface area contributed by atoms with Gasteiger partial charge in [-0.15, -0.1) is 0 Å². The predicted molar refractivity (Wildman–Crippen MR) is 59.5 cm³/mol. The normalized spacial score (nSPS) is 12.4. The van der Waals surface area contributed by atoms with E-state index in [0.717, 1.165) is 19.3 Å². The van der Waals surface area contributed by atoms with Crippen LogP contribution >= 0.6 is 0 Å². The third kappa shape index (κ3) is 2.97. The molecule has 1 unspecified atom stereocenters. The number of rotatable bonds is 5. The number of nitrogens with two attached hydrogens (primary N) is 1. The van der Waals surface area contributed by atoms with E-state index in [-0.39, 0.29) is 11.9 Å². The van der Waals surface area contributed by atoms with Crippen LogP contribution in [-0.4, -0.2) is 22.1 Å². The maximum absolute atomic E-state index is 11.7. The fourth-order valence-corrected chi connectivity index (χ4v) is 1.47. The number of aromatic amines is 1. The molecule has 0 radical (unpaired) electrons. The van der Waals surface area contributed by atoms with E-state index in [2.05, 4.69) is 29.4 Å². The van der Waals surface area contributed by atoms with Crippen molar-refractivity contribution in [3.63, 3.8) is 0 Å². The summed E-state index contributed by atoms with van der Waals surface area (Å²) in [5, 5.41) is 9.18. The zero-order valence-corrected chi connectivity index (χ0v) is 9.21. The Balaban J connectivity index is 2.58. The second-order valence-corrected chi connectivity index (χ2v) is 3.56. The quantitative estimate of drug-likeness (QED) is 0.685. The lowest BCUT2D eigenvalue weighted by Crippen LogP contribution is -2.34. The highest BCUT2D eigenvalue weighted by Gasteiger charge is 2.14. The Kier molecular flexibility index (Phi) is 4.15. The van der Waals surface area contributed by atoms with Crippen LogP contribution in [-0.2, 0) is 0 Å². The third-order valence-corrected chi connectivity index (χ3v) is 2.38. The molecule has 0 saturated heterocycles. The minimum Gasteiger partial charge on any atom is -0.383 e. The summed E-state index contributed by atoms with van der Waals surface area (Å²) in [6.45, 7) is 4.15. The number of carbonyl (C=O) groups excluding carboxylic acids is 1. The first-order valence-corrected chi connectivity index (χ1v) is 5.28. The van der Waals surface area contributed by atoms with Gasteiger partial charge >= 0.3 is 0 Å². The first-order valence-electron chi connectivity index (χ1n) is 5.28. The molecule has 4 N–H and O–H groups in total. The first kappa shape index (κ1) is 11.6. The molecule has 0 bridgehead atoms. The van der Waals surface area contributed by atoms with E-state index in [0.29, 0.717) is 11.4 Å². The summed E-state index contributed by atoms with van der Waals surface area (Å²) in [5.41, 5.74) is 5.97. The molecule has 0 fully saturated rings. The van der Waals surface area contributed by atoms with Crippen molar-refractivity contribution in [2.45, 2.75) is 39.2 Å². The van der Waals surface area contributed by atoms with Crippen LogP contribution in [0.4, 0.5) is 5.82 Å². The summed E-state index contributed by atoms with van der Waals surface area (Å²) >= 11 is 0. The molecule has 5 nitrogen and oxygen atoms in total. The van der Waals surface area contributed by atoms with E-state index in [1.54, 1.807) is 0 Å². The van der Waals surface area contributed by atoms with Gasteiger partial charge in [-0.25, -0.2) is 0 Å². The topological polar surface area (TPSA) is 83.8 Å². The van der Waals surface area contributed by atoms with Crippen LogP contribution < -0.4 is 11.1 Å². The number of nitrogens with one attached hydrogen (secondary N) is 2. The van der Waals surface area contributed by atoms with Gasteiger partial charge in [-0.05, 0) is 12.8 Å². The van der Waals surface area contributed by atoms with Gasteiger partial charge in [0, 0.05) is 6.04 Å². The number of nitrogen functional groups attached to an aromatic ring is 1. The van der Waals surface area contributed by atoms with Crippen LogP contribution in [0.15, 0.2) is 6.20 Å². The summed E-state index contributed by atoms with van der Waals surface area (Å²) in [6.07, 6.45) is 4.42. The smallest absolute Gasteiger partial charge is 0.256 e. The molecule has 1 amide bonds. The van der Waals surface area contributed by atoms with Gasteiger partial charge in [0.15, 0.2) is 0 Å². The lowest BCUT2D eigenvalue weighted by Gasteiger charge is -2.15. The van der Waals surface area contributed by atoms with Crippen LogP contribution in [0.5, 0.6) is 0 Å². The minimum absolute atomic E-state index is 0.151. The second kappa shape index (κ2) is 5.38. The predicted octanol–water partition coefficient (Wildman–Crippen LogP) is 1.30. The molecule has 0 aliphatic heterocycles. The monoisotopic (exact) mass is 210 g/mol. The molecule has 1 aromatic rings. The number of hydrogen-bond acceptors (Lipinski definition) is 3. The molecule has 15 heavy (non-hydrogen) atoms. The third-order valence-electron chi connectivity index (χ3n) is 2.38. The standard InChI is InChI=1S/C10H18N4O/c1-3-5-7(4-2)13-10(15)8-6-12-14-9(8)11/h6-7H,3-5H2,1-2H3,(H,13,15)(H3,11,12,14). The molecule has 0 aliphatic rings. The van der Waals surface area contributed by atoms with E-state index < -0.39 is 0 Å². The van der Waals surface area contributed by atoms with Crippen LogP contribution in [0.3, 0.4) is 0 Å². The summed E-state index contributed by atoms with van der Waals surface area (Å²) in [5.74, 6) is 0.167. The Hall–Kier alpha value is -1.52. The van der Waals surface area contributed by atoms with Gasteiger partial charge in [0.1, 0.15) is 11.4 Å². The number of aromatic nitrogens is 2. The molecule has 1 heterocycles. The van der Waals surface area contributed by atoms with Crippen molar-refractivity contribution < 1.29 is 4.79 Å². The molecule has 5 heteroatoms. The zero-order valence-electron chi connectivity index (χ0n) is 9.21. The molecule has 1 aromatic heterocycles. The maximum Gasteiger partial charge on any atom is 0.256 e. The highest BCUT2D eigenvalue weighted by molar-refractivity contribution is 5.98. The van der Waals surface area contributed by atoms with Crippen molar-refractivity contribution in [2.75, 3.05) is 5.73 Å². The van der Waals surface area contributed by atoms with Gasteiger partial charge in [-0.1, -0.05) is 20.3 Å². The Labute approximate surface area is 89.4 Å². The summed E-state index contributed by atoms with van der Waals surface area (Å²) in [4.78, 5) is 11.7. The van der Waals surface area contributed by atoms with E-state index in [1.807, 2.05) is 0 Å². The van der Waals surface area contributed by atoms with E-state index in [4.69, 9.17) is 5.73 Å². The van der Waals surface area contributed by atoms with Gasteiger partial charge in [-0.2, -0.15) is 5.10 Å². The summed E-state index contributed by atoms with van der Waals surface area (Å²) in [7, 11) is 0. The van der Waals surface area contributed by atoms with Crippen molar-refractivity contribution in [1.82, 2.24) is 15.5 Å².